The van der Waals surface area contributed by atoms with Gasteiger partial charge in [0.1, 0.15) is 16.5 Å². The summed E-state index contributed by atoms with van der Waals surface area (Å²) >= 11 is 0. The van der Waals surface area contributed by atoms with Crippen LogP contribution in [-0.2, 0) is 16.5 Å². The van der Waals surface area contributed by atoms with Gasteiger partial charge >= 0.3 is 11.9 Å². The van der Waals surface area contributed by atoms with E-state index < -0.39 is 22.6 Å². The van der Waals surface area contributed by atoms with Gasteiger partial charge in [-0.1, -0.05) is 25.3 Å². The lowest BCUT2D eigenvalue weighted by molar-refractivity contribution is 0.0695. The molecule has 0 radical (unpaired) electrons. The van der Waals surface area contributed by atoms with E-state index in [1.807, 2.05) is 0 Å². The second kappa shape index (κ2) is 9.96. The SMILES string of the molecule is Cc1cc(-c2cc(C[SH](=O)=O)ccc2OCC2CCCCC2)c(C(=O)O)cc1C(=O)O. The Balaban J connectivity index is 2.08. The quantitative estimate of drug-likeness (QED) is 0.522. The molecule has 0 saturated heterocycles. The van der Waals surface area contributed by atoms with Crippen molar-refractivity contribution in [2.24, 2.45) is 5.92 Å². The van der Waals surface area contributed by atoms with Crippen molar-refractivity contribution in [3.05, 3.63) is 52.6 Å². The summed E-state index contributed by atoms with van der Waals surface area (Å²) in [5.74, 6) is -1.78. The molecular formula is C23H26O7S. The average Bonchev–Trinajstić information content (AvgIpc) is 2.72. The molecule has 166 valence electrons. The first kappa shape index (κ1) is 22.8. The van der Waals surface area contributed by atoms with E-state index in [-0.39, 0.29) is 16.9 Å². The second-order valence-corrected chi connectivity index (χ2v) is 8.94. The third-order valence-electron chi connectivity index (χ3n) is 5.67. The molecule has 1 saturated carbocycles. The summed E-state index contributed by atoms with van der Waals surface area (Å²) in [5.41, 5.74) is 1.40. The number of ether oxygens (including phenoxy) is 1. The number of carboxylic acid groups (broad SMARTS) is 2. The third-order valence-corrected chi connectivity index (χ3v) is 6.29. The highest BCUT2D eigenvalue weighted by molar-refractivity contribution is 7.71. The van der Waals surface area contributed by atoms with Gasteiger partial charge in [0.05, 0.1) is 23.5 Å². The summed E-state index contributed by atoms with van der Waals surface area (Å²) in [6, 6.07) is 7.59. The van der Waals surface area contributed by atoms with Crippen LogP contribution in [0.15, 0.2) is 30.3 Å². The van der Waals surface area contributed by atoms with Gasteiger partial charge < -0.3 is 14.9 Å². The van der Waals surface area contributed by atoms with Gasteiger partial charge in [-0.25, -0.2) is 18.0 Å². The Morgan fingerprint density at radius 3 is 2.26 bits per heavy atom. The van der Waals surface area contributed by atoms with Crippen molar-refractivity contribution >= 4 is 22.6 Å². The number of carbonyl (C=O) groups is 2. The molecule has 0 spiro atoms. The van der Waals surface area contributed by atoms with Gasteiger partial charge in [-0.2, -0.15) is 0 Å². The number of benzene rings is 2. The Morgan fingerprint density at radius 2 is 1.65 bits per heavy atom. The molecule has 0 aliphatic heterocycles. The number of hydrogen-bond acceptors (Lipinski definition) is 5. The molecular weight excluding hydrogens is 420 g/mol. The van der Waals surface area contributed by atoms with E-state index >= 15 is 0 Å². The molecule has 1 aliphatic carbocycles. The van der Waals surface area contributed by atoms with Crippen molar-refractivity contribution < 1.29 is 33.0 Å². The first-order chi connectivity index (χ1) is 14.8. The molecule has 0 unspecified atom stereocenters. The summed E-state index contributed by atoms with van der Waals surface area (Å²) in [4.78, 5) is 23.4. The fourth-order valence-electron chi connectivity index (χ4n) is 4.06. The smallest absolute Gasteiger partial charge is 0.336 e. The standard InChI is InChI=1S/C23H26O7S/c1-14-9-18(20(23(26)27)11-17(14)22(24)25)19-10-16(13-31(28)29)7-8-21(19)30-12-15-5-3-2-4-6-15/h7-11,15,31H,2-6,12-13H2,1H3,(H,24,25)(H,26,27). The van der Waals surface area contributed by atoms with Crippen LogP contribution >= 0.6 is 0 Å². The highest BCUT2D eigenvalue weighted by atomic mass is 32.2. The van der Waals surface area contributed by atoms with E-state index in [1.165, 1.54) is 12.5 Å². The summed E-state index contributed by atoms with van der Waals surface area (Å²) in [6.07, 6.45) is 5.71. The van der Waals surface area contributed by atoms with Crippen molar-refractivity contribution in [3.8, 4) is 16.9 Å². The van der Waals surface area contributed by atoms with Crippen LogP contribution in [0.5, 0.6) is 5.75 Å². The number of rotatable bonds is 8. The van der Waals surface area contributed by atoms with Crippen molar-refractivity contribution in [2.75, 3.05) is 6.61 Å². The average molecular weight is 447 g/mol. The third kappa shape index (κ3) is 5.64. The van der Waals surface area contributed by atoms with Crippen molar-refractivity contribution in [1.82, 2.24) is 0 Å². The van der Waals surface area contributed by atoms with Gasteiger partial charge in [0.2, 0.25) is 0 Å². The fraction of sp³-hybridized carbons (Fsp3) is 0.391. The lowest BCUT2D eigenvalue weighted by atomic mass is 9.90. The van der Waals surface area contributed by atoms with Crippen LogP contribution in [0.2, 0.25) is 0 Å². The van der Waals surface area contributed by atoms with Crippen LogP contribution in [0.25, 0.3) is 11.1 Å². The van der Waals surface area contributed by atoms with E-state index in [0.717, 1.165) is 31.7 Å². The van der Waals surface area contributed by atoms with E-state index in [0.29, 0.717) is 40.5 Å². The Kier molecular flexibility index (Phi) is 7.33. The predicted octanol–water partition coefficient (Wildman–Crippen LogP) is 4.13. The zero-order valence-electron chi connectivity index (χ0n) is 17.3. The van der Waals surface area contributed by atoms with Gasteiger partial charge in [-0.15, -0.1) is 0 Å². The molecule has 0 amide bonds. The molecule has 0 heterocycles. The predicted molar refractivity (Wildman–Crippen MR) is 117 cm³/mol. The van der Waals surface area contributed by atoms with Crippen molar-refractivity contribution in [2.45, 2.75) is 44.8 Å². The lowest BCUT2D eigenvalue weighted by Crippen LogP contribution is -2.15. The lowest BCUT2D eigenvalue weighted by Gasteiger charge is -2.23. The van der Waals surface area contributed by atoms with Gasteiger partial charge in [0.15, 0.2) is 0 Å². The molecule has 31 heavy (non-hydrogen) atoms. The highest BCUT2D eigenvalue weighted by Gasteiger charge is 2.22. The second-order valence-electron chi connectivity index (χ2n) is 7.96. The molecule has 0 atom stereocenters. The van der Waals surface area contributed by atoms with Gasteiger partial charge in [-0.3, -0.25) is 0 Å². The van der Waals surface area contributed by atoms with Crippen LogP contribution < -0.4 is 4.74 Å². The zero-order valence-corrected chi connectivity index (χ0v) is 18.2. The molecule has 2 aromatic rings. The van der Waals surface area contributed by atoms with Crippen molar-refractivity contribution in [3.63, 3.8) is 0 Å². The minimum atomic E-state index is -2.66. The Labute approximate surface area is 182 Å². The Morgan fingerprint density at radius 1 is 0.968 bits per heavy atom. The number of aryl methyl sites for hydroxylation is 1. The summed E-state index contributed by atoms with van der Waals surface area (Å²) < 4.78 is 28.5. The molecule has 0 bridgehead atoms. The Bertz CT molecular complexity index is 1060. The summed E-state index contributed by atoms with van der Waals surface area (Å²) in [7, 11) is -2.66. The first-order valence-corrected chi connectivity index (χ1v) is 11.6. The molecule has 1 fully saturated rings. The molecule has 7 nitrogen and oxygen atoms in total. The maximum absolute atomic E-state index is 11.9. The highest BCUT2D eigenvalue weighted by Crippen LogP contribution is 2.36. The van der Waals surface area contributed by atoms with Gasteiger partial charge in [0.25, 0.3) is 0 Å². The van der Waals surface area contributed by atoms with E-state index in [1.54, 1.807) is 25.1 Å². The summed E-state index contributed by atoms with van der Waals surface area (Å²) in [6.45, 7) is 2.09. The molecule has 1 aliphatic rings. The first-order valence-electron chi connectivity index (χ1n) is 10.3. The van der Waals surface area contributed by atoms with Crippen LogP contribution in [0.1, 0.15) is 63.9 Å². The molecule has 0 aromatic heterocycles. The van der Waals surface area contributed by atoms with E-state index in [2.05, 4.69) is 0 Å². The molecule has 8 heteroatoms. The largest absolute Gasteiger partial charge is 0.493 e. The van der Waals surface area contributed by atoms with Crippen LogP contribution in [0.3, 0.4) is 0 Å². The number of aromatic carboxylic acids is 2. The van der Waals surface area contributed by atoms with Gasteiger partial charge in [0, 0.05) is 11.1 Å². The molecule has 2 aromatic carbocycles. The fourth-order valence-corrected chi connectivity index (χ4v) is 4.56. The van der Waals surface area contributed by atoms with Crippen LogP contribution in [-0.4, -0.2) is 37.2 Å². The number of hydrogen-bond donors (Lipinski definition) is 3. The van der Waals surface area contributed by atoms with Gasteiger partial charge in [-0.05, 0) is 61.1 Å². The molecule has 3 rings (SSSR count). The van der Waals surface area contributed by atoms with Crippen molar-refractivity contribution in [1.29, 1.82) is 0 Å². The minimum absolute atomic E-state index is 0.0929. The zero-order chi connectivity index (χ0) is 22.5. The van der Waals surface area contributed by atoms with Crippen LogP contribution in [0, 0.1) is 12.8 Å². The summed E-state index contributed by atoms with van der Waals surface area (Å²) in [5, 5.41) is 19.1. The maximum Gasteiger partial charge on any atom is 0.336 e. The number of thiol groups is 1. The van der Waals surface area contributed by atoms with Crippen LogP contribution in [0.4, 0.5) is 0 Å². The minimum Gasteiger partial charge on any atom is -0.493 e. The molecule has 2 N–H and O–H groups in total. The monoisotopic (exact) mass is 446 g/mol. The topological polar surface area (TPSA) is 118 Å². The maximum atomic E-state index is 11.9. The normalized spacial score (nSPS) is 14.5. The number of carboxylic acids is 2. The van der Waals surface area contributed by atoms with E-state index in [4.69, 9.17) is 4.74 Å². The Hall–Kier alpha value is -2.87. The van der Waals surface area contributed by atoms with E-state index in [9.17, 15) is 28.2 Å².